The molecule has 2 atom stereocenters. The van der Waals surface area contributed by atoms with E-state index in [0.717, 1.165) is 23.5 Å². The van der Waals surface area contributed by atoms with E-state index in [1.54, 1.807) is 16.2 Å². The lowest BCUT2D eigenvalue weighted by Crippen LogP contribution is -2.62. The zero-order valence-corrected chi connectivity index (χ0v) is 13.7. The number of carbonyl (C=O) groups excluding carboxylic acids is 2. The van der Waals surface area contributed by atoms with Crippen molar-refractivity contribution in [2.24, 2.45) is 0 Å². The smallest absolute Gasteiger partial charge is 0.246 e. The summed E-state index contributed by atoms with van der Waals surface area (Å²) < 4.78 is 0. The largest absolute Gasteiger partial charge is 0.343 e. The Morgan fingerprint density at radius 1 is 1.29 bits per heavy atom. The number of aryl methyl sites for hydroxylation is 1. The molecule has 1 saturated heterocycles. The van der Waals surface area contributed by atoms with Crippen LogP contribution in [-0.4, -0.2) is 33.8 Å². The van der Waals surface area contributed by atoms with Gasteiger partial charge >= 0.3 is 0 Å². The summed E-state index contributed by atoms with van der Waals surface area (Å²) in [6, 6.07) is -0.743. The van der Waals surface area contributed by atoms with Gasteiger partial charge in [0, 0.05) is 5.38 Å². The molecule has 0 aliphatic carbocycles. The summed E-state index contributed by atoms with van der Waals surface area (Å²) in [5, 5.41) is 5.82. The van der Waals surface area contributed by atoms with Crippen molar-refractivity contribution in [1.29, 1.82) is 0 Å². The van der Waals surface area contributed by atoms with E-state index in [4.69, 9.17) is 0 Å². The molecule has 1 aliphatic heterocycles. The minimum Gasteiger partial charge on any atom is -0.343 e. The van der Waals surface area contributed by atoms with E-state index in [9.17, 15) is 9.59 Å². The van der Waals surface area contributed by atoms with Crippen molar-refractivity contribution in [3.63, 3.8) is 0 Å². The second-order valence-electron chi connectivity index (χ2n) is 5.48. The molecule has 1 N–H and O–H groups in total. The summed E-state index contributed by atoms with van der Waals surface area (Å²) >= 11 is 1.57. The van der Waals surface area contributed by atoms with Gasteiger partial charge in [0.1, 0.15) is 12.1 Å². The summed E-state index contributed by atoms with van der Waals surface area (Å²) in [6.45, 7) is 6.43. The maximum atomic E-state index is 12.6. The number of hydrogen-bond acceptors (Lipinski definition) is 4. The normalized spacial score (nSPS) is 22.5. The van der Waals surface area contributed by atoms with Gasteiger partial charge in [-0.1, -0.05) is 26.7 Å². The van der Waals surface area contributed by atoms with Crippen molar-refractivity contribution in [3.8, 4) is 0 Å². The van der Waals surface area contributed by atoms with E-state index in [0.29, 0.717) is 19.4 Å². The highest BCUT2D eigenvalue weighted by Gasteiger charge is 2.39. The summed E-state index contributed by atoms with van der Waals surface area (Å²) in [5.74, 6) is 0.00223. The van der Waals surface area contributed by atoms with Crippen molar-refractivity contribution in [3.05, 3.63) is 16.1 Å². The Hall–Kier alpha value is -1.43. The molecule has 1 fully saturated rings. The first-order valence-corrected chi connectivity index (χ1v) is 8.46. The van der Waals surface area contributed by atoms with E-state index < -0.39 is 0 Å². The van der Waals surface area contributed by atoms with Gasteiger partial charge in [-0.25, -0.2) is 4.98 Å². The van der Waals surface area contributed by atoms with Gasteiger partial charge in [-0.3, -0.25) is 9.59 Å². The second-order valence-corrected chi connectivity index (χ2v) is 6.54. The van der Waals surface area contributed by atoms with Crippen molar-refractivity contribution in [2.45, 2.75) is 65.1 Å². The summed E-state index contributed by atoms with van der Waals surface area (Å²) in [7, 11) is 0. The fraction of sp³-hybridized carbons (Fsp3) is 0.667. The number of nitrogens with zero attached hydrogens (tertiary/aromatic N) is 2. The molecule has 21 heavy (non-hydrogen) atoms. The maximum absolute atomic E-state index is 12.6. The van der Waals surface area contributed by atoms with Gasteiger partial charge in [0.25, 0.3) is 0 Å². The molecular weight excluding hydrogens is 286 g/mol. The first-order chi connectivity index (χ1) is 10.1. The highest BCUT2D eigenvalue weighted by atomic mass is 32.1. The number of thiazole rings is 1. The second kappa shape index (κ2) is 7.02. The van der Waals surface area contributed by atoms with Crippen LogP contribution in [0.4, 0.5) is 0 Å². The SMILES string of the molecule is CCCC1NC(=O)C(CCC)N(Cc2csc(C)n2)C1=O. The molecule has 1 aromatic heterocycles. The Kier molecular flexibility index (Phi) is 5.33. The number of carbonyl (C=O) groups is 2. The molecule has 0 bridgehead atoms. The van der Waals surface area contributed by atoms with Gasteiger partial charge in [-0.15, -0.1) is 11.3 Å². The molecule has 0 spiro atoms. The minimum absolute atomic E-state index is 0.0261. The Bertz CT molecular complexity index is 515. The third kappa shape index (κ3) is 3.61. The number of piperazine rings is 1. The van der Waals surface area contributed by atoms with Crippen LogP contribution in [0.5, 0.6) is 0 Å². The Morgan fingerprint density at radius 2 is 2.00 bits per heavy atom. The van der Waals surface area contributed by atoms with Crippen LogP contribution >= 0.6 is 11.3 Å². The summed E-state index contributed by atoms with van der Waals surface area (Å²) in [5.41, 5.74) is 0.872. The molecule has 5 nitrogen and oxygen atoms in total. The minimum atomic E-state index is -0.379. The molecule has 0 radical (unpaired) electrons. The highest BCUT2D eigenvalue weighted by molar-refractivity contribution is 7.09. The average Bonchev–Trinajstić information content (AvgIpc) is 2.85. The molecule has 0 saturated carbocycles. The van der Waals surface area contributed by atoms with E-state index in [2.05, 4.69) is 10.3 Å². The van der Waals surface area contributed by atoms with Crippen LogP contribution in [-0.2, 0) is 16.1 Å². The predicted molar refractivity (Wildman–Crippen MR) is 82.9 cm³/mol. The van der Waals surface area contributed by atoms with Crippen molar-refractivity contribution >= 4 is 23.2 Å². The van der Waals surface area contributed by atoms with Gasteiger partial charge < -0.3 is 10.2 Å². The van der Waals surface area contributed by atoms with Gasteiger partial charge in [0.2, 0.25) is 11.8 Å². The van der Waals surface area contributed by atoms with Crippen LogP contribution in [0.1, 0.15) is 50.2 Å². The van der Waals surface area contributed by atoms with Gasteiger partial charge in [-0.05, 0) is 19.8 Å². The molecule has 1 aromatic rings. The lowest BCUT2D eigenvalue weighted by atomic mass is 10.0. The van der Waals surface area contributed by atoms with Crippen LogP contribution < -0.4 is 5.32 Å². The lowest BCUT2D eigenvalue weighted by molar-refractivity contribution is -0.150. The lowest BCUT2D eigenvalue weighted by Gasteiger charge is -2.38. The average molecular weight is 309 g/mol. The monoisotopic (exact) mass is 309 g/mol. The number of nitrogens with one attached hydrogen (secondary N) is 1. The highest BCUT2D eigenvalue weighted by Crippen LogP contribution is 2.20. The van der Waals surface area contributed by atoms with Gasteiger partial charge in [0.05, 0.1) is 17.2 Å². The molecule has 2 unspecified atom stereocenters. The van der Waals surface area contributed by atoms with E-state index >= 15 is 0 Å². The molecule has 2 amide bonds. The zero-order chi connectivity index (χ0) is 15.4. The van der Waals surface area contributed by atoms with Crippen molar-refractivity contribution in [1.82, 2.24) is 15.2 Å². The fourth-order valence-corrected chi connectivity index (χ4v) is 3.32. The van der Waals surface area contributed by atoms with Crippen LogP contribution in [0.15, 0.2) is 5.38 Å². The van der Waals surface area contributed by atoms with Crippen LogP contribution in [0.3, 0.4) is 0 Å². The molecule has 2 heterocycles. The molecule has 116 valence electrons. The van der Waals surface area contributed by atoms with Crippen molar-refractivity contribution < 1.29 is 9.59 Å². The van der Waals surface area contributed by atoms with E-state index in [1.165, 1.54) is 0 Å². The molecular formula is C15H23N3O2S. The fourth-order valence-electron chi connectivity index (χ4n) is 2.71. The molecule has 6 heteroatoms. The number of amides is 2. The van der Waals surface area contributed by atoms with Gasteiger partial charge in [-0.2, -0.15) is 0 Å². The maximum Gasteiger partial charge on any atom is 0.246 e. The van der Waals surface area contributed by atoms with Crippen LogP contribution in [0, 0.1) is 6.92 Å². The van der Waals surface area contributed by atoms with Crippen LogP contribution in [0.2, 0.25) is 0 Å². The van der Waals surface area contributed by atoms with Crippen LogP contribution in [0.25, 0.3) is 0 Å². The third-order valence-corrected chi connectivity index (χ3v) is 4.54. The quantitative estimate of drug-likeness (QED) is 0.876. The number of aromatic nitrogens is 1. The number of hydrogen-bond donors (Lipinski definition) is 1. The predicted octanol–water partition coefficient (Wildman–Crippen LogP) is 2.25. The van der Waals surface area contributed by atoms with E-state index in [-0.39, 0.29) is 23.9 Å². The number of rotatable bonds is 6. The Morgan fingerprint density at radius 3 is 2.57 bits per heavy atom. The molecule has 1 aliphatic rings. The first-order valence-electron chi connectivity index (χ1n) is 7.58. The molecule has 2 rings (SSSR count). The topological polar surface area (TPSA) is 62.3 Å². The first kappa shape index (κ1) is 15.9. The third-order valence-electron chi connectivity index (χ3n) is 3.71. The Labute approximate surface area is 129 Å². The van der Waals surface area contributed by atoms with Crippen molar-refractivity contribution in [2.75, 3.05) is 0 Å². The summed E-state index contributed by atoms with van der Waals surface area (Å²) in [4.78, 5) is 31.1. The van der Waals surface area contributed by atoms with E-state index in [1.807, 2.05) is 26.2 Å². The molecule has 0 aromatic carbocycles. The van der Waals surface area contributed by atoms with Gasteiger partial charge in [0.15, 0.2) is 0 Å². The zero-order valence-electron chi connectivity index (χ0n) is 12.9. The Balaban J connectivity index is 2.20. The summed E-state index contributed by atoms with van der Waals surface area (Å²) in [6.07, 6.45) is 3.13. The standard InChI is InChI=1S/C15H23N3O2S/c1-4-6-12-15(20)18(8-11-9-21-10(3)16-11)13(7-5-2)14(19)17-12/h9,12-13H,4-8H2,1-3H3,(H,17,19).